The van der Waals surface area contributed by atoms with Gasteiger partial charge in [-0.2, -0.15) is 0 Å². The van der Waals surface area contributed by atoms with Gasteiger partial charge in [0.05, 0.1) is 23.6 Å². The molecule has 0 bridgehead atoms. The third kappa shape index (κ3) is 4.00. The predicted molar refractivity (Wildman–Crippen MR) is 103 cm³/mol. The van der Waals surface area contributed by atoms with Crippen molar-refractivity contribution in [2.45, 2.75) is 51.2 Å². The Kier molecular flexibility index (Phi) is 5.84. The van der Waals surface area contributed by atoms with Gasteiger partial charge in [0.2, 0.25) is 0 Å². The maximum Gasteiger partial charge on any atom is 0.340 e. The molecule has 0 aromatic carbocycles. The van der Waals surface area contributed by atoms with Crippen molar-refractivity contribution in [3.05, 3.63) is 41.0 Å². The van der Waals surface area contributed by atoms with Gasteiger partial charge in [-0.05, 0) is 39.2 Å². The molecule has 0 spiro atoms. The number of esters is 1. The molecule has 2 heterocycles. The molecule has 1 N–H and O–H groups in total. The van der Waals surface area contributed by atoms with Crippen LogP contribution in [0.25, 0.3) is 0 Å². The number of allylic oxidation sites excluding steroid dienone is 1. The molecule has 3 rings (SSSR count). The van der Waals surface area contributed by atoms with Crippen molar-refractivity contribution in [2.75, 3.05) is 12.4 Å². The molecular weight excluding hydrogens is 364 g/mol. The summed E-state index contributed by atoms with van der Waals surface area (Å²) in [4.78, 5) is 27.9. The van der Waals surface area contributed by atoms with Crippen molar-refractivity contribution in [3.8, 4) is 0 Å². The van der Waals surface area contributed by atoms with E-state index in [2.05, 4.69) is 21.8 Å². The molecule has 1 fully saturated rings. The fourth-order valence-corrected chi connectivity index (χ4v) is 3.92. The third-order valence-corrected chi connectivity index (χ3v) is 5.49. The second-order valence-corrected chi connectivity index (χ2v) is 7.51. The first-order valence-electron chi connectivity index (χ1n) is 9.04. The van der Waals surface area contributed by atoms with Crippen LogP contribution in [0.4, 0.5) is 0 Å². The minimum Gasteiger partial charge on any atom is -0.462 e. The number of aromatic nitrogens is 4. The summed E-state index contributed by atoms with van der Waals surface area (Å²) in [6.45, 7) is 10.0. The lowest BCUT2D eigenvalue weighted by Gasteiger charge is -2.06. The average molecular weight is 388 g/mol. The van der Waals surface area contributed by atoms with Crippen LogP contribution in [-0.4, -0.2) is 43.9 Å². The first-order chi connectivity index (χ1) is 13.0. The van der Waals surface area contributed by atoms with E-state index in [4.69, 9.17) is 4.74 Å². The van der Waals surface area contributed by atoms with Crippen LogP contribution >= 0.6 is 11.8 Å². The molecule has 7 nitrogen and oxygen atoms in total. The number of rotatable bonds is 9. The Labute approximate surface area is 162 Å². The van der Waals surface area contributed by atoms with Crippen LogP contribution < -0.4 is 0 Å². The standard InChI is InChI=1S/C19H24N4O3S/c1-5-9-23-17(13-7-8-13)21-22-19(23)27-10-14(24)16-11(3)15(12(4)20-16)18(25)26-6-2/h5,13,20H,1,6-10H2,2-4H3. The van der Waals surface area contributed by atoms with Crippen molar-refractivity contribution in [1.82, 2.24) is 19.7 Å². The monoisotopic (exact) mass is 388 g/mol. The number of ether oxygens (including phenoxy) is 1. The van der Waals surface area contributed by atoms with Crippen molar-refractivity contribution in [2.24, 2.45) is 0 Å². The van der Waals surface area contributed by atoms with Crippen LogP contribution in [0.2, 0.25) is 0 Å². The molecule has 0 saturated heterocycles. The van der Waals surface area contributed by atoms with Gasteiger partial charge >= 0.3 is 5.97 Å². The number of Topliss-reactive ketones (excluding diaryl/α,β-unsaturated/α-hetero) is 1. The van der Waals surface area contributed by atoms with E-state index in [0.29, 0.717) is 41.6 Å². The minimum atomic E-state index is -0.407. The van der Waals surface area contributed by atoms with Crippen LogP contribution in [0.3, 0.4) is 0 Å². The van der Waals surface area contributed by atoms with E-state index in [1.165, 1.54) is 11.8 Å². The zero-order chi connectivity index (χ0) is 19.6. The largest absolute Gasteiger partial charge is 0.462 e. The molecule has 27 heavy (non-hydrogen) atoms. The summed E-state index contributed by atoms with van der Waals surface area (Å²) < 4.78 is 7.11. The number of carbonyl (C=O) groups is 2. The maximum absolute atomic E-state index is 12.7. The molecule has 0 aliphatic heterocycles. The van der Waals surface area contributed by atoms with E-state index in [-0.39, 0.29) is 11.5 Å². The number of ketones is 1. The second-order valence-electron chi connectivity index (χ2n) is 6.57. The molecule has 1 aliphatic rings. The van der Waals surface area contributed by atoms with Gasteiger partial charge < -0.3 is 14.3 Å². The number of aryl methyl sites for hydroxylation is 1. The highest BCUT2D eigenvalue weighted by Gasteiger charge is 2.30. The van der Waals surface area contributed by atoms with E-state index < -0.39 is 5.97 Å². The molecule has 144 valence electrons. The number of nitrogens with one attached hydrogen (secondary N) is 1. The van der Waals surface area contributed by atoms with Gasteiger partial charge in [-0.15, -0.1) is 16.8 Å². The van der Waals surface area contributed by atoms with Gasteiger partial charge in [0.25, 0.3) is 0 Å². The smallest absolute Gasteiger partial charge is 0.340 e. The van der Waals surface area contributed by atoms with Gasteiger partial charge in [0.1, 0.15) is 5.82 Å². The fourth-order valence-electron chi connectivity index (χ4n) is 3.09. The number of hydrogen-bond donors (Lipinski definition) is 1. The summed E-state index contributed by atoms with van der Waals surface area (Å²) in [5.74, 6) is 1.17. The molecule has 8 heteroatoms. The Balaban J connectivity index is 1.74. The maximum atomic E-state index is 12.7. The molecule has 0 unspecified atom stereocenters. The van der Waals surface area contributed by atoms with Crippen molar-refractivity contribution in [1.29, 1.82) is 0 Å². The van der Waals surface area contributed by atoms with Gasteiger partial charge in [0.15, 0.2) is 10.9 Å². The highest BCUT2D eigenvalue weighted by molar-refractivity contribution is 7.99. The van der Waals surface area contributed by atoms with Gasteiger partial charge in [0, 0.05) is 18.2 Å². The molecule has 0 radical (unpaired) electrons. The summed E-state index contributed by atoms with van der Waals surface area (Å²) in [5.41, 5.74) is 2.16. The number of aromatic amines is 1. The molecule has 0 amide bonds. The van der Waals surface area contributed by atoms with E-state index in [1.807, 2.05) is 10.6 Å². The van der Waals surface area contributed by atoms with Gasteiger partial charge in [-0.25, -0.2) is 4.79 Å². The topological polar surface area (TPSA) is 89.9 Å². The Morgan fingerprint density at radius 1 is 1.37 bits per heavy atom. The highest BCUT2D eigenvalue weighted by atomic mass is 32.2. The van der Waals surface area contributed by atoms with Gasteiger partial charge in [-0.1, -0.05) is 17.8 Å². The van der Waals surface area contributed by atoms with Crippen LogP contribution in [-0.2, 0) is 11.3 Å². The Morgan fingerprint density at radius 2 is 2.11 bits per heavy atom. The molecule has 2 aromatic heterocycles. The molecule has 1 saturated carbocycles. The Bertz CT molecular complexity index is 880. The van der Waals surface area contributed by atoms with Crippen molar-refractivity contribution < 1.29 is 14.3 Å². The van der Waals surface area contributed by atoms with E-state index >= 15 is 0 Å². The molecule has 1 aliphatic carbocycles. The van der Waals surface area contributed by atoms with Crippen LogP contribution in [0, 0.1) is 13.8 Å². The summed E-state index contributed by atoms with van der Waals surface area (Å²) in [5, 5.41) is 9.26. The zero-order valence-corrected chi connectivity index (χ0v) is 16.7. The first kappa shape index (κ1) is 19.4. The molecule has 0 atom stereocenters. The van der Waals surface area contributed by atoms with E-state index in [0.717, 1.165) is 23.8 Å². The zero-order valence-electron chi connectivity index (χ0n) is 15.9. The first-order valence-corrected chi connectivity index (χ1v) is 10.0. The third-order valence-electron chi connectivity index (χ3n) is 4.53. The lowest BCUT2D eigenvalue weighted by molar-refractivity contribution is 0.0525. The average Bonchev–Trinajstić information content (AvgIpc) is 3.33. The van der Waals surface area contributed by atoms with Crippen LogP contribution in [0.15, 0.2) is 17.8 Å². The summed E-state index contributed by atoms with van der Waals surface area (Å²) in [6.07, 6.45) is 4.08. The Hall–Kier alpha value is -2.35. The summed E-state index contributed by atoms with van der Waals surface area (Å²) >= 11 is 1.35. The Morgan fingerprint density at radius 3 is 2.74 bits per heavy atom. The lowest BCUT2D eigenvalue weighted by Crippen LogP contribution is -2.09. The SMILES string of the molecule is C=CCn1c(SCC(=O)c2[nH]c(C)c(C(=O)OCC)c2C)nnc1C1CC1. The van der Waals surface area contributed by atoms with Crippen LogP contribution in [0.1, 0.15) is 63.6 Å². The van der Waals surface area contributed by atoms with Gasteiger partial charge in [-0.3, -0.25) is 4.79 Å². The minimum absolute atomic E-state index is 0.0859. The van der Waals surface area contributed by atoms with E-state index in [9.17, 15) is 9.59 Å². The van der Waals surface area contributed by atoms with Crippen molar-refractivity contribution >= 4 is 23.5 Å². The quantitative estimate of drug-likeness (QED) is 0.306. The number of nitrogens with zero attached hydrogens (tertiary/aromatic N) is 3. The molecule has 2 aromatic rings. The fraction of sp³-hybridized carbons (Fsp3) is 0.474. The predicted octanol–water partition coefficient (Wildman–Crippen LogP) is 3.44. The normalized spacial score (nSPS) is 13.6. The number of thioether (sulfide) groups is 1. The number of H-pyrrole nitrogens is 1. The lowest BCUT2D eigenvalue weighted by atomic mass is 10.1. The summed E-state index contributed by atoms with van der Waals surface area (Å²) in [6, 6.07) is 0. The highest BCUT2D eigenvalue weighted by Crippen LogP contribution is 2.40. The summed E-state index contributed by atoms with van der Waals surface area (Å²) in [7, 11) is 0. The number of hydrogen-bond acceptors (Lipinski definition) is 6. The van der Waals surface area contributed by atoms with Crippen LogP contribution in [0.5, 0.6) is 0 Å². The van der Waals surface area contributed by atoms with E-state index in [1.54, 1.807) is 20.8 Å². The number of carbonyl (C=O) groups excluding carboxylic acids is 2. The molecular formula is C19H24N4O3S. The van der Waals surface area contributed by atoms with Crippen molar-refractivity contribution in [3.63, 3.8) is 0 Å². The second kappa shape index (κ2) is 8.12.